The van der Waals surface area contributed by atoms with Crippen LogP contribution in [0.4, 0.5) is 0 Å². The van der Waals surface area contributed by atoms with Gasteiger partial charge < -0.3 is 5.11 Å². The third kappa shape index (κ3) is 3.79. The van der Waals surface area contributed by atoms with Gasteiger partial charge >= 0.3 is 0 Å². The van der Waals surface area contributed by atoms with Crippen molar-refractivity contribution in [1.82, 2.24) is 10.4 Å². The fraction of sp³-hybridized carbons (Fsp3) is 0.0588. The molecule has 1 saturated heterocycles. The van der Waals surface area contributed by atoms with Crippen molar-refractivity contribution in [2.45, 2.75) is 6.54 Å². The van der Waals surface area contributed by atoms with Crippen LogP contribution in [-0.4, -0.2) is 20.3 Å². The summed E-state index contributed by atoms with van der Waals surface area (Å²) in [6.45, 7) is 0.528. The number of thioether (sulfide) groups is 1. The maximum Gasteiger partial charge on any atom is 0.280 e. The van der Waals surface area contributed by atoms with Gasteiger partial charge in [0.2, 0.25) is 0 Å². The minimum absolute atomic E-state index is 0.163. The Morgan fingerprint density at radius 2 is 1.83 bits per heavy atom. The number of hydrogen-bond acceptors (Lipinski definition) is 5. The van der Waals surface area contributed by atoms with E-state index < -0.39 is 0 Å². The summed E-state index contributed by atoms with van der Waals surface area (Å²) in [4.78, 5) is 13.0. The number of phenols is 1. The number of aromatic hydroxyl groups is 1. The third-order valence-electron chi connectivity index (χ3n) is 3.27. The number of rotatable bonds is 4. The van der Waals surface area contributed by atoms with Gasteiger partial charge in [-0.15, -0.1) is 0 Å². The van der Waals surface area contributed by atoms with Crippen LogP contribution in [0, 0.1) is 0 Å². The maximum atomic E-state index is 12.4. The van der Waals surface area contributed by atoms with Gasteiger partial charge in [0.15, 0.2) is 4.32 Å². The Hall–Kier alpha value is -2.15. The average Bonchev–Trinajstić information content (AvgIpc) is 2.82. The van der Waals surface area contributed by atoms with Crippen LogP contribution in [0.3, 0.4) is 0 Å². The summed E-state index contributed by atoms with van der Waals surface area (Å²) in [7, 11) is 0. The lowest BCUT2D eigenvalue weighted by molar-refractivity contribution is -0.124. The monoisotopic (exact) mass is 342 g/mol. The Kier molecular flexibility index (Phi) is 4.76. The number of nitrogens with zero attached hydrogens (tertiary/aromatic N) is 1. The first-order valence-electron chi connectivity index (χ1n) is 6.98. The van der Waals surface area contributed by atoms with E-state index in [2.05, 4.69) is 5.43 Å². The zero-order valence-corrected chi connectivity index (χ0v) is 13.7. The smallest absolute Gasteiger partial charge is 0.280 e. The summed E-state index contributed by atoms with van der Waals surface area (Å²) in [6.07, 6.45) is 1.77. The van der Waals surface area contributed by atoms with Crippen molar-refractivity contribution in [1.29, 1.82) is 0 Å². The van der Waals surface area contributed by atoms with Crippen molar-refractivity contribution in [3.05, 3.63) is 70.6 Å². The molecule has 2 aromatic carbocycles. The molecule has 1 aliphatic heterocycles. The third-order valence-corrected chi connectivity index (χ3v) is 4.57. The van der Waals surface area contributed by atoms with Crippen LogP contribution >= 0.6 is 24.0 Å². The van der Waals surface area contributed by atoms with Gasteiger partial charge in [0, 0.05) is 6.54 Å². The topological polar surface area (TPSA) is 52.6 Å². The fourth-order valence-electron chi connectivity index (χ4n) is 2.09. The Labute approximate surface area is 143 Å². The minimum Gasteiger partial charge on any atom is -0.508 e. The molecule has 23 heavy (non-hydrogen) atoms. The quantitative estimate of drug-likeness (QED) is 0.660. The van der Waals surface area contributed by atoms with E-state index >= 15 is 0 Å². The highest BCUT2D eigenvalue weighted by Crippen LogP contribution is 2.31. The number of thiocarbonyl (C=S) groups is 1. The molecule has 0 atom stereocenters. The van der Waals surface area contributed by atoms with E-state index in [9.17, 15) is 9.90 Å². The number of benzene rings is 2. The first-order chi connectivity index (χ1) is 11.1. The van der Waals surface area contributed by atoms with E-state index in [0.717, 1.165) is 11.1 Å². The zero-order chi connectivity index (χ0) is 16.2. The Bertz CT molecular complexity index is 758. The number of hydrogen-bond donors (Lipinski definition) is 2. The minimum atomic E-state index is -0.163. The van der Waals surface area contributed by atoms with Gasteiger partial charge in [0.05, 0.1) is 4.91 Å². The first kappa shape index (κ1) is 15.7. The molecule has 6 heteroatoms. The predicted octanol–water partition coefficient (Wildman–Crippen LogP) is 3.30. The molecule has 1 fully saturated rings. The predicted molar refractivity (Wildman–Crippen MR) is 96.4 cm³/mol. The molecule has 0 unspecified atom stereocenters. The van der Waals surface area contributed by atoms with Gasteiger partial charge in [-0.2, -0.15) is 0 Å². The van der Waals surface area contributed by atoms with E-state index in [0.29, 0.717) is 15.8 Å². The second-order valence-corrected chi connectivity index (χ2v) is 6.60. The molecule has 0 aliphatic carbocycles. The molecular weight excluding hydrogens is 328 g/mol. The summed E-state index contributed by atoms with van der Waals surface area (Å²) in [6, 6.07) is 16.5. The van der Waals surface area contributed by atoms with E-state index in [1.165, 1.54) is 16.8 Å². The number of hydrazine groups is 1. The summed E-state index contributed by atoms with van der Waals surface area (Å²) < 4.78 is 0.482. The van der Waals surface area contributed by atoms with E-state index in [4.69, 9.17) is 12.2 Å². The van der Waals surface area contributed by atoms with Crippen LogP contribution in [0.2, 0.25) is 0 Å². The lowest BCUT2D eigenvalue weighted by Crippen LogP contribution is -2.40. The molecule has 0 bridgehead atoms. The lowest BCUT2D eigenvalue weighted by Gasteiger charge is -2.15. The molecule has 3 rings (SSSR count). The van der Waals surface area contributed by atoms with Crippen molar-refractivity contribution < 1.29 is 9.90 Å². The standard InChI is InChI=1S/C17H14N2O2S2/c20-14-8-6-12(7-9-14)10-15-16(21)19(17(22)23-15)18-11-13-4-2-1-3-5-13/h1-10,18,20H,11H2/b15-10+. The van der Waals surface area contributed by atoms with E-state index in [-0.39, 0.29) is 11.7 Å². The fourth-order valence-corrected chi connectivity index (χ4v) is 3.31. The molecule has 0 radical (unpaired) electrons. The second-order valence-electron chi connectivity index (χ2n) is 4.93. The van der Waals surface area contributed by atoms with Crippen molar-refractivity contribution in [3.63, 3.8) is 0 Å². The van der Waals surface area contributed by atoms with Crippen molar-refractivity contribution in [3.8, 4) is 5.75 Å². The number of phenolic OH excluding ortho intramolecular Hbond substituents is 1. The highest BCUT2D eigenvalue weighted by atomic mass is 32.2. The van der Waals surface area contributed by atoms with Crippen molar-refractivity contribution in [2.24, 2.45) is 0 Å². The Morgan fingerprint density at radius 3 is 2.52 bits per heavy atom. The lowest BCUT2D eigenvalue weighted by atomic mass is 10.2. The second kappa shape index (κ2) is 6.95. The zero-order valence-electron chi connectivity index (χ0n) is 12.1. The molecule has 0 aromatic heterocycles. The molecule has 4 nitrogen and oxygen atoms in total. The maximum absolute atomic E-state index is 12.4. The largest absolute Gasteiger partial charge is 0.508 e. The van der Waals surface area contributed by atoms with Crippen LogP contribution in [0.25, 0.3) is 6.08 Å². The van der Waals surface area contributed by atoms with E-state index in [1.54, 1.807) is 30.3 Å². The van der Waals surface area contributed by atoms with Crippen LogP contribution in [0.15, 0.2) is 59.5 Å². The molecular formula is C17H14N2O2S2. The molecule has 1 amide bonds. The van der Waals surface area contributed by atoms with Crippen molar-refractivity contribution >= 4 is 40.3 Å². The highest BCUT2D eigenvalue weighted by molar-refractivity contribution is 8.26. The number of nitrogens with one attached hydrogen (secondary N) is 1. The molecule has 2 aromatic rings. The van der Waals surface area contributed by atoms with Gasteiger partial charge in [-0.3, -0.25) is 4.79 Å². The van der Waals surface area contributed by atoms with Crippen LogP contribution in [-0.2, 0) is 11.3 Å². The van der Waals surface area contributed by atoms with Crippen LogP contribution in [0.1, 0.15) is 11.1 Å². The number of amides is 1. The van der Waals surface area contributed by atoms with Gasteiger partial charge in [-0.05, 0) is 29.3 Å². The summed E-state index contributed by atoms with van der Waals surface area (Å²) in [5, 5.41) is 10.7. The molecule has 2 N–H and O–H groups in total. The first-order valence-corrected chi connectivity index (χ1v) is 8.20. The van der Waals surface area contributed by atoms with Gasteiger partial charge in [0.1, 0.15) is 5.75 Å². The SMILES string of the molecule is O=C1/C(=C\c2ccc(O)cc2)SC(=S)N1NCc1ccccc1. The molecule has 116 valence electrons. The van der Waals surface area contributed by atoms with E-state index in [1.807, 2.05) is 30.3 Å². The number of carbonyl (C=O) groups excluding carboxylic acids is 1. The van der Waals surface area contributed by atoms with Crippen LogP contribution in [0.5, 0.6) is 5.75 Å². The molecule has 0 spiro atoms. The average molecular weight is 342 g/mol. The van der Waals surface area contributed by atoms with Gasteiger partial charge in [-0.25, -0.2) is 10.4 Å². The van der Waals surface area contributed by atoms with Gasteiger partial charge in [0.25, 0.3) is 5.91 Å². The Morgan fingerprint density at radius 1 is 1.13 bits per heavy atom. The molecule has 1 heterocycles. The number of carbonyl (C=O) groups is 1. The summed E-state index contributed by atoms with van der Waals surface area (Å²) >= 11 is 6.53. The summed E-state index contributed by atoms with van der Waals surface area (Å²) in [5.74, 6) is 0.0308. The van der Waals surface area contributed by atoms with Crippen molar-refractivity contribution in [2.75, 3.05) is 0 Å². The van der Waals surface area contributed by atoms with Gasteiger partial charge in [-0.1, -0.05) is 66.4 Å². The van der Waals surface area contributed by atoms with Crippen LogP contribution < -0.4 is 5.43 Å². The molecule has 1 aliphatic rings. The normalized spacial score (nSPS) is 16.3. The Balaban J connectivity index is 1.71. The molecule has 0 saturated carbocycles. The highest BCUT2D eigenvalue weighted by Gasteiger charge is 2.32. The summed E-state index contributed by atoms with van der Waals surface area (Å²) in [5.41, 5.74) is 4.98.